The van der Waals surface area contributed by atoms with Gasteiger partial charge >= 0.3 is 0 Å². The summed E-state index contributed by atoms with van der Waals surface area (Å²) < 4.78 is 19.8. The summed E-state index contributed by atoms with van der Waals surface area (Å²) in [6.45, 7) is 4.57. The number of hydrogen-bond donors (Lipinski definition) is 1. The molecule has 1 aromatic carbocycles. The molecule has 9 rings (SSSR count). The number of piperidine rings is 1. The van der Waals surface area contributed by atoms with Crippen LogP contribution in [0.25, 0.3) is 0 Å². The molecule has 2 heterocycles. The zero-order valence-corrected chi connectivity index (χ0v) is 23.8. The Balaban J connectivity index is 1.28. The Labute approximate surface area is 228 Å². The van der Waals surface area contributed by atoms with Crippen molar-refractivity contribution in [2.45, 2.75) is 119 Å². The second-order valence-electron chi connectivity index (χ2n) is 14.6. The SMILES string of the molecule is COc1ccc2c3c1O[C@H]1[C@@]4(OC)CC[C@@]5(C[C@@H]4[C@](C)(O)CC4CCCCC4)[C@@H](C2)N(CC2CC2)CC[C@]315. The van der Waals surface area contributed by atoms with Crippen molar-refractivity contribution in [1.82, 2.24) is 4.90 Å². The van der Waals surface area contributed by atoms with Crippen LogP contribution in [0.1, 0.15) is 95.1 Å². The van der Waals surface area contributed by atoms with Crippen LogP contribution in [0.5, 0.6) is 11.5 Å². The van der Waals surface area contributed by atoms with Crippen molar-refractivity contribution in [2.75, 3.05) is 27.3 Å². The van der Waals surface area contributed by atoms with E-state index >= 15 is 0 Å². The first-order chi connectivity index (χ1) is 18.4. The predicted octanol–water partition coefficient (Wildman–Crippen LogP) is 5.64. The van der Waals surface area contributed by atoms with Gasteiger partial charge in [-0.2, -0.15) is 0 Å². The molecule has 0 unspecified atom stereocenters. The maximum atomic E-state index is 12.5. The molecule has 1 aromatic rings. The van der Waals surface area contributed by atoms with Gasteiger partial charge in [0, 0.05) is 42.0 Å². The molecule has 2 aliphatic heterocycles. The summed E-state index contributed by atoms with van der Waals surface area (Å²) in [7, 11) is 3.69. The van der Waals surface area contributed by atoms with E-state index in [0.29, 0.717) is 12.0 Å². The Morgan fingerprint density at radius 1 is 1.05 bits per heavy atom. The molecule has 208 valence electrons. The summed E-state index contributed by atoms with van der Waals surface area (Å²) in [5.74, 6) is 3.46. The Bertz CT molecular complexity index is 1120. The number of methoxy groups -OCH3 is 2. The minimum absolute atomic E-state index is 0.0408. The van der Waals surface area contributed by atoms with Gasteiger partial charge in [-0.25, -0.2) is 0 Å². The monoisotopic (exact) mass is 521 g/mol. The molecular weight excluding hydrogens is 474 g/mol. The van der Waals surface area contributed by atoms with Crippen LogP contribution in [-0.4, -0.2) is 60.7 Å². The first kappa shape index (κ1) is 24.5. The summed E-state index contributed by atoms with van der Waals surface area (Å²) in [4.78, 5) is 2.89. The Morgan fingerprint density at radius 3 is 2.61 bits per heavy atom. The van der Waals surface area contributed by atoms with Crippen LogP contribution in [0.2, 0.25) is 0 Å². The third-order valence-electron chi connectivity index (χ3n) is 13.0. The summed E-state index contributed by atoms with van der Waals surface area (Å²) in [5.41, 5.74) is 1.78. The third-order valence-corrected chi connectivity index (χ3v) is 13.0. The van der Waals surface area contributed by atoms with Crippen molar-refractivity contribution in [1.29, 1.82) is 0 Å². The highest BCUT2D eigenvalue weighted by atomic mass is 16.6. The van der Waals surface area contributed by atoms with Gasteiger partial charge in [0.1, 0.15) is 11.7 Å². The fourth-order valence-electron chi connectivity index (χ4n) is 11.4. The van der Waals surface area contributed by atoms with E-state index in [1.165, 1.54) is 69.0 Å². The van der Waals surface area contributed by atoms with Crippen LogP contribution in [0.3, 0.4) is 0 Å². The van der Waals surface area contributed by atoms with Crippen molar-refractivity contribution in [2.24, 2.45) is 23.2 Å². The van der Waals surface area contributed by atoms with Crippen molar-refractivity contribution in [3.63, 3.8) is 0 Å². The zero-order valence-electron chi connectivity index (χ0n) is 23.8. The van der Waals surface area contributed by atoms with E-state index in [4.69, 9.17) is 14.2 Å². The van der Waals surface area contributed by atoms with Gasteiger partial charge in [0.15, 0.2) is 11.5 Å². The second kappa shape index (κ2) is 8.13. The van der Waals surface area contributed by atoms with Gasteiger partial charge in [-0.15, -0.1) is 0 Å². The van der Waals surface area contributed by atoms with Gasteiger partial charge in [0.05, 0.1) is 12.7 Å². The number of fused-ring (bicyclic) bond motifs is 2. The first-order valence-corrected chi connectivity index (χ1v) is 15.8. The number of aliphatic hydroxyl groups is 1. The Morgan fingerprint density at radius 2 is 1.87 bits per heavy atom. The van der Waals surface area contributed by atoms with Crippen molar-refractivity contribution in [3.05, 3.63) is 23.3 Å². The molecule has 1 saturated heterocycles. The molecule has 5 heteroatoms. The highest BCUT2D eigenvalue weighted by Crippen LogP contribution is 2.77. The van der Waals surface area contributed by atoms with Crippen LogP contribution >= 0.6 is 0 Å². The molecular formula is C33H47NO4. The fourth-order valence-corrected chi connectivity index (χ4v) is 11.4. The Kier molecular flexibility index (Phi) is 5.24. The lowest BCUT2D eigenvalue weighted by Gasteiger charge is -2.75. The molecule has 4 bridgehead atoms. The molecule has 1 N–H and O–H groups in total. The van der Waals surface area contributed by atoms with Crippen LogP contribution in [-0.2, 0) is 16.6 Å². The van der Waals surface area contributed by atoms with Crippen molar-refractivity contribution >= 4 is 0 Å². The second-order valence-corrected chi connectivity index (χ2v) is 14.6. The average molecular weight is 522 g/mol. The Hall–Kier alpha value is -1.30. The topological polar surface area (TPSA) is 51.2 Å². The molecule has 6 fully saturated rings. The molecule has 7 atom stereocenters. The molecule has 38 heavy (non-hydrogen) atoms. The summed E-state index contributed by atoms with van der Waals surface area (Å²) in [6, 6.07) is 5.00. The number of rotatable bonds is 7. The van der Waals surface area contributed by atoms with Crippen molar-refractivity contribution in [3.8, 4) is 11.5 Å². The fraction of sp³-hybridized carbons (Fsp3) is 0.818. The van der Waals surface area contributed by atoms with Gasteiger partial charge in [0.2, 0.25) is 0 Å². The zero-order chi connectivity index (χ0) is 25.9. The number of benzene rings is 1. The van der Waals surface area contributed by atoms with Gasteiger partial charge < -0.3 is 19.3 Å². The average Bonchev–Trinajstić information content (AvgIpc) is 3.67. The largest absolute Gasteiger partial charge is 0.493 e. The first-order valence-electron chi connectivity index (χ1n) is 15.8. The minimum Gasteiger partial charge on any atom is -0.493 e. The van der Waals surface area contributed by atoms with E-state index in [1.807, 2.05) is 7.11 Å². The molecule has 0 radical (unpaired) electrons. The highest BCUT2D eigenvalue weighted by molar-refractivity contribution is 5.63. The normalized spacial score (nSPS) is 42.9. The van der Waals surface area contributed by atoms with Gasteiger partial charge in [-0.05, 0) is 88.3 Å². The number of nitrogens with zero attached hydrogens (tertiary/aromatic N) is 1. The molecule has 8 aliphatic rings. The van der Waals surface area contributed by atoms with Crippen LogP contribution in [0.15, 0.2) is 12.1 Å². The van der Waals surface area contributed by atoms with E-state index in [9.17, 15) is 5.11 Å². The van der Waals surface area contributed by atoms with Crippen LogP contribution in [0.4, 0.5) is 0 Å². The summed E-state index contributed by atoms with van der Waals surface area (Å²) in [6.07, 6.45) is 15.6. The molecule has 5 nitrogen and oxygen atoms in total. The minimum atomic E-state index is -0.759. The maximum absolute atomic E-state index is 12.5. The predicted molar refractivity (Wildman–Crippen MR) is 147 cm³/mol. The molecule has 2 spiro atoms. The molecule has 0 amide bonds. The molecule has 0 aromatic heterocycles. The maximum Gasteiger partial charge on any atom is 0.165 e. The number of likely N-dealkylation sites (tertiary alicyclic amines) is 1. The van der Waals surface area contributed by atoms with E-state index in [0.717, 1.165) is 56.1 Å². The van der Waals surface area contributed by atoms with Crippen LogP contribution < -0.4 is 9.47 Å². The van der Waals surface area contributed by atoms with E-state index in [1.54, 1.807) is 7.11 Å². The standard InChI is InChI=1S/C33H47NO4/c1-30(35,18-21-7-5-4-6-8-21)25-19-31-13-14-33(25,37-3)29-32(31)15-16-34(20-22-9-10-22)26(31)17-23-11-12-24(36-2)28(38-29)27(23)32/h11-12,21-22,25-26,29,35H,4-10,13-20H2,1-3H3/t25-,26-,29-,30-,31-,32+,33-/m1/s1. The summed E-state index contributed by atoms with van der Waals surface area (Å²) >= 11 is 0. The number of ether oxygens (including phenoxy) is 3. The van der Waals surface area contributed by atoms with E-state index in [2.05, 4.69) is 24.0 Å². The lowest BCUT2D eigenvalue weighted by Crippen LogP contribution is -2.82. The van der Waals surface area contributed by atoms with Gasteiger partial charge in [-0.3, -0.25) is 4.90 Å². The molecule has 6 aliphatic carbocycles. The van der Waals surface area contributed by atoms with E-state index < -0.39 is 11.2 Å². The smallest absolute Gasteiger partial charge is 0.165 e. The third kappa shape index (κ3) is 2.94. The lowest BCUT2D eigenvalue weighted by atomic mass is 9.33. The van der Waals surface area contributed by atoms with Gasteiger partial charge in [-0.1, -0.05) is 38.2 Å². The summed E-state index contributed by atoms with van der Waals surface area (Å²) in [5, 5.41) is 12.5. The van der Waals surface area contributed by atoms with Crippen molar-refractivity contribution < 1.29 is 19.3 Å². The molecule has 5 saturated carbocycles. The quantitative estimate of drug-likeness (QED) is 0.503. The van der Waals surface area contributed by atoms with Crippen LogP contribution in [0, 0.1) is 23.2 Å². The number of hydrogen-bond acceptors (Lipinski definition) is 5. The highest BCUT2D eigenvalue weighted by Gasteiger charge is 2.82. The lowest BCUT2D eigenvalue weighted by molar-refractivity contribution is -0.303. The van der Waals surface area contributed by atoms with Gasteiger partial charge in [0.25, 0.3) is 0 Å². The van der Waals surface area contributed by atoms with E-state index in [-0.39, 0.29) is 22.9 Å².